The van der Waals surface area contributed by atoms with Crippen LogP contribution in [0, 0.1) is 0 Å². The zero-order chi connectivity index (χ0) is 3.98. The van der Waals surface area contributed by atoms with Crippen molar-refractivity contribution >= 4 is 0 Å². The summed E-state index contributed by atoms with van der Waals surface area (Å²) >= 11 is 0. The van der Waals surface area contributed by atoms with Gasteiger partial charge >= 0.3 is 0 Å². The van der Waals surface area contributed by atoms with Crippen molar-refractivity contribution in [1.29, 1.82) is 0 Å². The summed E-state index contributed by atoms with van der Waals surface area (Å²) in [5, 5.41) is 0. The van der Waals surface area contributed by atoms with E-state index in [2.05, 4.69) is 17.1 Å². The van der Waals surface area contributed by atoms with Crippen molar-refractivity contribution in [2.75, 3.05) is 13.1 Å². The fourth-order valence-corrected chi connectivity index (χ4v) is 0.939. The van der Waals surface area contributed by atoms with Crippen LogP contribution >= 0.6 is 0 Å². The fraction of sp³-hybridized carbons (Fsp3) is 0.600. The lowest BCUT2D eigenvalue weighted by Gasteiger charge is -1.80. The van der Waals surface area contributed by atoms with Gasteiger partial charge in [-0.05, 0) is 0 Å². The molecule has 0 saturated carbocycles. The molecule has 1 saturated heterocycles. The monoisotopic (exact) mass is 81.1 g/mol. The van der Waals surface area contributed by atoms with Crippen molar-refractivity contribution in [3.63, 3.8) is 0 Å². The van der Waals surface area contributed by atoms with E-state index in [1.165, 1.54) is 13.1 Å². The first-order valence-corrected chi connectivity index (χ1v) is 2.37. The SMILES string of the molecule is C1=C[C@H]2CN2C1. The molecule has 0 radical (unpaired) electrons. The number of nitrogens with zero attached hydrogens (tertiary/aromatic N) is 1. The van der Waals surface area contributed by atoms with Crippen molar-refractivity contribution in [2.24, 2.45) is 0 Å². The highest BCUT2D eigenvalue weighted by molar-refractivity contribution is 5.14. The summed E-state index contributed by atoms with van der Waals surface area (Å²) in [4.78, 5) is 2.42. The van der Waals surface area contributed by atoms with Crippen LogP contribution in [0.2, 0.25) is 0 Å². The van der Waals surface area contributed by atoms with Crippen LogP contribution in [0.15, 0.2) is 12.2 Å². The Kier molecular flexibility index (Phi) is 0.320. The minimum atomic E-state index is 0.866. The van der Waals surface area contributed by atoms with Crippen LogP contribution in [-0.2, 0) is 0 Å². The lowest BCUT2D eigenvalue weighted by molar-refractivity contribution is 0.622. The van der Waals surface area contributed by atoms with E-state index in [1.807, 2.05) is 0 Å². The van der Waals surface area contributed by atoms with E-state index in [4.69, 9.17) is 0 Å². The Balaban J connectivity index is 2.26. The molecule has 2 rings (SSSR count). The van der Waals surface area contributed by atoms with Gasteiger partial charge in [0, 0.05) is 19.1 Å². The highest BCUT2D eigenvalue weighted by Crippen LogP contribution is 2.22. The maximum Gasteiger partial charge on any atom is 0.0410 e. The Labute approximate surface area is 37.3 Å². The summed E-state index contributed by atoms with van der Waals surface area (Å²) in [6.07, 6.45) is 4.51. The van der Waals surface area contributed by atoms with E-state index in [1.54, 1.807) is 0 Å². The van der Waals surface area contributed by atoms with Gasteiger partial charge < -0.3 is 0 Å². The average molecular weight is 81.1 g/mol. The van der Waals surface area contributed by atoms with Crippen LogP contribution in [0.1, 0.15) is 0 Å². The number of rotatable bonds is 0. The third kappa shape index (κ3) is 0.197. The first-order chi connectivity index (χ1) is 2.97. The number of fused-ring (bicyclic) bond motifs is 1. The summed E-state index contributed by atoms with van der Waals surface area (Å²) in [5.74, 6) is 0. The molecule has 1 unspecified atom stereocenters. The Bertz CT molecular complexity index is 96.1. The van der Waals surface area contributed by atoms with E-state index in [0.29, 0.717) is 0 Å². The molecule has 6 heavy (non-hydrogen) atoms. The maximum absolute atomic E-state index is 2.42. The largest absolute Gasteiger partial charge is 0.290 e. The second kappa shape index (κ2) is 0.684. The van der Waals surface area contributed by atoms with Crippen molar-refractivity contribution < 1.29 is 0 Å². The quantitative estimate of drug-likeness (QED) is 0.298. The molecular formula is C5H7N. The zero-order valence-corrected chi connectivity index (χ0v) is 3.59. The summed E-state index contributed by atoms with van der Waals surface area (Å²) < 4.78 is 0. The minimum absolute atomic E-state index is 0.866. The van der Waals surface area contributed by atoms with Crippen molar-refractivity contribution in [2.45, 2.75) is 6.04 Å². The van der Waals surface area contributed by atoms with Crippen LogP contribution in [-0.4, -0.2) is 24.0 Å². The minimum Gasteiger partial charge on any atom is -0.290 e. The predicted octanol–water partition coefficient (Wildman–Crippen LogP) is 0.240. The van der Waals surface area contributed by atoms with Gasteiger partial charge in [0.25, 0.3) is 0 Å². The van der Waals surface area contributed by atoms with Gasteiger partial charge in [-0.2, -0.15) is 0 Å². The van der Waals surface area contributed by atoms with E-state index in [0.717, 1.165) is 6.04 Å². The molecule has 2 atom stereocenters. The number of hydrogen-bond donors (Lipinski definition) is 0. The Morgan fingerprint density at radius 1 is 1.67 bits per heavy atom. The van der Waals surface area contributed by atoms with Crippen LogP contribution in [0.5, 0.6) is 0 Å². The Morgan fingerprint density at radius 2 is 2.67 bits per heavy atom. The molecule has 1 heteroatoms. The van der Waals surface area contributed by atoms with Crippen molar-refractivity contribution in [1.82, 2.24) is 4.90 Å². The van der Waals surface area contributed by atoms with E-state index < -0.39 is 0 Å². The first kappa shape index (κ1) is 2.80. The van der Waals surface area contributed by atoms with Gasteiger partial charge in [-0.3, -0.25) is 4.90 Å². The molecule has 0 spiro atoms. The van der Waals surface area contributed by atoms with E-state index in [-0.39, 0.29) is 0 Å². The molecule has 0 N–H and O–H groups in total. The second-order valence-electron chi connectivity index (χ2n) is 1.95. The molecule has 2 heterocycles. The highest BCUT2D eigenvalue weighted by atomic mass is 15.3. The molecule has 0 amide bonds. The van der Waals surface area contributed by atoms with Crippen LogP contribution in [0.3, 0.4) is 0 Å². The van der Waals surface area contributed by atoms with Gasteiger partial charge in [0.05, 0.1) is 0 Å². The molecule has 2 aliphatic heterocycles. The molecule has 1 fully saturated rings. The topological polar surface area (TPSA) is 3.01 Å². The summed E-state index contributed by atoms with van der Waals surface area (Å²) in [7, 11) is 0. The molecular weight excluding hydrogens is 74.1 g/mol. The number of hydrogen-bond acceptors (Lipinski definition) is 1. The van der Waals surface area contributed by atoms with Crippen LogP contribution in [0.4, 0.5) is 0 Å². The molecule has 1 nitrogen and oxygen atoms in total. The molecule has 0 aromatic rings. The van der Waals surface area contributed by atoms with E-state index >= 15 is 0 Å². The molecule has 0 bridgehead atoms. The highest BCUT2D eigenvalue weighted by Gasteiger charge is 2.33. The van der Waals surface area contributed by atoms with Gasteiger partial charge in [-0.25, -0.2) is 0 Å². The molecule has 2 aliphatic rings. The summed E-state index contributed by atoms with van der Waals surface area (Å²) in [5.41, 5.74) is 0. The van der Waals surface area contributed by atoms with Crippen molar-refractivity contribution in [3.8, 4) is 0 Å². The predicted molar refractivity (Wildman–Crippen MR) is 24.5 cm³/mol. The smallest absolute Gasteiger partial charge is 0.0410 e. The van der Waals surface area contributed by atoms with Crippen molar-refractivity contribution in [3.05, 3.63) is 12.2 Å². The Morgan fingerprint density at radius 3 is 2.83 bits per heavy atom. The fourth-order valence-electron chi connectivity index (χ4n) is 0.939. The second-order valence-corrected chi connectivity index (χ2v) is 1.95. The normalized spacial score (nSPS) is 49.3. The van der Waals surface area contributed by atoms with Gasteiger partial charge in [-0.15, -0.1) is 0 Å². The third-order valence-corrected chi connectivity index (χ3v) is 1.46. The molecule has 0 aromatic heterocycles. The first-order valence-electron chi connectivity index (χ1n) is 2.37. The lowest BCUT2D eigenvalue weighted by Crippen LogP contribution is -1.90. The van der Waals surface area contributed by atoms with Gasteiger partial charge in [0.2, 0.25) is 0 Å². The molecule has 0 aliphatic carbocycles. The van der Waals surface area contributed by atoms with E-state index in [9.17, 15) is 0 Å². The van der Waals surface area contributed by atoms with Gasteiger partial charge in [0.15, 0.2) is 0 Å². The standard InChI is InChI=1S/C5H7N/c1-2-5-4-6(5)3-1/h1-2,5H,3-4H2/t5-,6?/m0/s1. The molecule has 32 valence electrons. The average Bonchev–Trinajstić information content (AvgIpc) is 2.17. The zero-order valence-electron chi connectivity index (χ0n) is 3.59. The Hall–Kier alpha value is -0.300. The van der Waals surface area contributed by atoms with Crippen LogP contribution < -0.4 is 0 Å². The summed E-state index contributed by atoms with van der Waals surface area (Å²) in [6, 6.07) is 0.866. The van der Waals surface area contributed by atoms with Gasteiger partial charge in [-0.1, -0.05) is 12.2 Å². The lowest BCUT2D eigenvalue weighted by atomic mass is 10.4. The summed E-state index contributed by atoms with van der Waals surface area (Å²) in [6.45, 7) is 2.54. The maximum atomic E-state index is 2.42. The molecule has 0 aromatic carbocycles. The van der Waals surface area contributed by atoms with Crippen LogP contribution in [0.25, 0.3) is 0 Å². The third-order valence-electron chi connectivity index (χ3n) is 1.46. The van der Waals surface area contributed by atoms with Gasteiger partial charge in [0.1, 0.15) is 0 Å².